The molecule has 0 aliphatic rings. The van der Waals surface area contributed by atoms with Gasteiger partial charge in [0.05, 0.1) is 17.4 Å². The Morgan fingerprint density at radius 1 is 1.53 bits per heavy atom. The number of nitrogens with two attached hydrogens (primary N) is 2. The summed E-state index contributed by atoms with van der Waals surface area (Å²) in [4.78, 5) is 19.7. The van der Waals surface area contributed by atoms with Gasteiger partial charge in [-0.25, -0.2) is 9.97 Å². The lowest BCUT2D eigenvalue weighted by Crippen LogP contribution is -2.13. The third-order valence-corrected chi connectivity index (χ3v) is 3.99. The Labute approximate surface area is 106 Å². The molecule has 7 heteroatoms. The number of aromatic nitrogens is 2. The van der Waals surface area contributed by atoms with Gasteiger partial charge in [-0.15, -0.1) is 11.3 Å². The highest BCUT2D eigenvalue weighted by Gasteiger charge is 2.13. The number of aryl methyl sites for hydroxylation is 1. The maximum Gasteiger partial charge on any atom is 0.251 e. The highest BCUT2D eigenvalue weighted by molar-refractivity contribution is 8.01. The van der Waals surface area contributed by atoms with Crippen molar-refractivity contribution in [3.63, 3.8) is 0 Å². The fourth-order valence-corrected chi connectivity index (χ4v) is 3.01. The van der Waals surface area contributed by atoms with Crippen LogP contribution < -0.4 is 11.5 Å². The fourth-order valence-electron chi connectivity index (χ4n) is 1.19. The van der Waals surface area contributed by atoms with Gasteiger partial charge < -0.3 is 11.5 Å². The van der Waals surface area contributed by atoms with Gasteiger partial charge in [-0.3, -0.25) is 4.79 Å². The van der Waals surface area contributed by atoms with E-state index in [9.17, 15) is 4.79 Å². The Balaban J connectivity index is 2.35. The molecule has 0 spiro atoms. The summed E-state index contributed by atoms with van der Waals surface area (Å²) in [5.41, 5.74) is 12.5. The summed E-state index contributed by atoms with van der Waals surface area (Å²) in [5, 5.41) is 2.46. The molecular formula is C10H10N4OS2. The Hall–Kier alpha value is -1.60. The standard InChI is InChI=1S/C10H10N4OS2/c1-5-4-16-10(14-5)17-9-7(8(12)15)2-6(11)3-13-9/h2-4H,11H2,1H3,(H2,12,15). The van der Waals surface area contributed by atoms with Crippen LogP contribution in [-0.4, -0.2) is 15.9 Å². The lowest BCUT2D eigenvalue weighted by molar-refractivity contribution is 0.0997. The molecule has 2 rings (SSSR count). The molecule has 0 unspecified atom stereocenters. The number of thiazole rings is 1. The predicted molar refractivity (Wildman–Crippen MR) is 68.1 cm³/mol. The molecular weight excluding hydrogens is 256 g/mol. The molecule has 0 radical (unpaired) electrons. The molecule has 2 aromatic rings. The molecule has 17 heavy (non-hydrogen) atoms. The average molecular weight is 266 g/mol. The minimum atomic E-state index is -0.541. The van der Waals surface area contributed by atoms with Gasteiger partial charge in [0.15, 0.2) is 4.34 Å². The van der Waals surface area contributed by atoms with Crippen molar-refractivity contribution in [1.29, 1.82) is 0 Å². The fraction of sp³-hybridized carbons (Fsp3) is 0.100. The topological polar surface area (TPSA) is 94.9 Å². The summed E-state index contributed by atoms with van der Waals surface area (Å²) < 4.78 is 0.822. The molecule has 0 aliphatic carbocycles. The molecule has 2 aromatic heterocycles. The normalized spacial score (nSPS) is 10.4. The second-order valence-electron chi connectivity index (χ2n) is 3.34. The number of nitrogens with zero attached hydrogens (tertiary/aromatic N) is 2. The number of anilines is 1. The molecule has 4 N–H and O–H groups in total. The van der Waals surface area contributed by atoms with Gasteiger partial charge in [-0.1, -0.05) is 0 Å². The van der Waals surface area contributed by atoms with Gasteiger partial charge in [0.25, 0.3) is 5.91 Å². The zero-order valence-corrected chi connectivity index (χ0v) is 10.6. The summed E-state index contributed by atoms with van der Waals surface area (Å²) >= 11 is 2.81. The van der Waals surface area contributed by atoms with Crippen LogP contribution >= 0.6 is 23.1 Å². The Bertz CT molecular complexity index is 567. The number of pyridine rings is 1. The van der Waals surface area contributed by atoms with E-state index in [1.54, 1.807) is 0 Å². The summed E-state index contributed by atoms with van der Waals surface area (Å²) in [6, 6.07) is 1.53. The monoisotopic (exact) mass is 266 g/mol. The number of nitrogen functional groups attached to an aromatic ring is 1. The first-order chi connectivity index (χ1) is 8.06. The zero-order chi connectivity index (χ0) is 12.4. The first kappa shape index (κ1) is 11.9. The van der Waals surface area contributed by atoms with Crippen molar-refractivity contribution in [1.82, 2.24) is 9.97 Å². The molecule has 0 atom stereocenters. The van der Waals surface area contributed by atoms with Crippen molar-refractivity contribution >= 4 is 34.7 Å². The molecule has 0 fully saturated rings. The van der Waals surface area contributed by atoms with Gasteiger partial charge in [0, 0.05) is 11.1 Å². The highest BCUT2D eigenvalue weighted by atomic mass is 32.2. The Kier molecular flexibility index (Phi) is 3.30. The zero-order valence-electron chi connectivity index (χ0n) is 9.01. The second kappa shape index (κ2) is 4.72. The molecule has 0 aliphatic heterocycles. The molecule has 88 valence electrons. The van der Waals surface area contributed by atoms with Crippen LogP contribution in [0.15, 0.2) is 27.0 Å². The minimum absolute atomic E-state index is 0.322. The van der Waals surface area contributed by atoms with Gasteiger partial charge in [-0.05, 0) is 24.8 Å². The molecule has 0 aromatic carbocycles. The largest absolute Gasteiger partial charge is 0.397 e. The second-order valence-corrected chi connectivity index (χ2v) is 5.44. The van der Waals surface area contributed by atoms with E-state index in [1.165, 1.54) is 35.4 Å². The summed E-state index contributed by atoms with van der Waals surface area (Å²) in [6.07, 6.45) is 1.50. The Morgan fingerprint density at radius 3 is 2.88 bits per heavy atom. The van der Waals surface area contributed by atoms with Crippen LogP contribution in [-0.2, 0) is 0 Å². The van der Waals surface area contributed by atoms with Gasteiger partial charge in [-0.2, -0.15) is 0 Å². The molecule has 0 saturated carbocycles. The smallest absolute Gasteiger partial charge is 0.251 e. The van der Waals surface area contributed by atoms with Gasteiger partial charge in [0.2, 0.25) is 0 Å². The van der Waals surface area contributed by atoms with Crippen molar-refractivity contribution in [2.45, 2.75) is 16.3 Å². The van der Waals surface area contributed by atoms with Crippen LogP contribution in [0.25, 0.3) is 0 Å². The van der Waals surface area contributed by atoms with Gasteiger partial charge >= 0.3 is 0 Å². The number of rotatable bonds is 3. The Morgan fingerprint density at radius 2 is 2.29 bits per heavy atom. The van der Waals surface area contributed by atoms with E-state index in [2.05, 4.69) is 9.97 Å². The number of carbonyl (C=O) groups excluding carboxylic acids is 1. The number of primary amides is 1. The summed E-state index contributed by atoms with van der Waals surface area (Å²) in [6.45, 7) is 1.91. The minimum Gasteiger partial charge on any atom is -0.397 e. The third-order valence-electron chi connectivity index (χ3n) is 1.92. The number of carbonyl (C=O) groups is 1. The van der Waals surface area contributed by atoms with Crippen molar-refractivity contribution in [3.8, 4) is 0 Å². The molecule has 1 amide bonds. The first-order valence-electron chi connectivity index (χ1n) is 4.71. The maximum atomic E-state index is 11.3. The van der Waals surface area contributed by atoms with E-state index in [1.807, 2.05) is 12.3 Å². The lowest BCUT2D eigenvalue weighted by Gasteiger charge is -2.04. The molecule has 0 saturated heterocycles. The summed E-state index contributed by atoms with van der Waals surface area (Å²) in [7, 11) is 0. The predicted octanol–water partition coefficient (Wildman–Crippen LogP) is 1.68. The van der Waals surface area contributed by atoms with Crippen LogP contribution in [0.4, 0.5) is 5.69 Å². The van der Waals surface area contributed by atoms with Gasteiger partial charge in [0.1, 0.15) is 5.03 Å². The summed E-state index contributed by atoms with van der Waals surface area (Å²) in [5.74, 6) is -0.541. The van der Waals surface area contributed by atoms with Crippen LogP contribution in [0.5, 0.6) is 0 Å². The first-order valence-corrected chi connectivity index (χ1v) is 6.41. The molecule has 0 bridgehead atoms. The highest BCUT2D eigenvalue weighted by Crippen LogP contribution is 2.31. The van der Waals surface area contributed by atoms with Crippen LogP contribution in [0.1, 0.15) is 16.1 Å². The van der Waals surface area contributed by atoms with E-state index in [-0.39, 0.29) is 0 Å². The van der Waals surface area contributed by atoms with Crippen LogP contribution in [0.3, 0.4) is 0 Å². The van der Waals surface area contributed by atoms with Crippen LogP contribution in [0, 0.1) is 6.92 Å². The number of hydrogen-bond acceptors (Lipinski definition) is 6. The quantitative estimate of drug-likeness (QED) is 0.881. The maximum absolute atomic E-state index is 11.3. The van der Waals surface area contributed by atoms with E-state index >= 15 is 0 Å². The van der Waals surface area contributed by atoms with Crippen molar-refractivity contribution < 1.29 is 4.79 Å². The third kappa shape index (κ3) is 2.75. The number of hydrogen-bond donors (Lipinski definition) is 2. The van der Waals surface area contributed by atoms with E-state index in [4.69, 9.17) is 11.5 Å². The molecule has 2 heterocycles. The van der Waals surface area contributed by atoms with E-state index < -0.39 is 5.91 Å². The average Bonchev–Trinajstić information content (AvgIpc) is 2.66. The van der Waals surface area contributed by atoms with Crippen molar-refractivity contribution in [2.75, 3.05) is 5.73 Å². The van der Waals surface area contributed by atoms with Crippen LogP contribution in [0.2, 0.25) is 0 Å². The van der Waals surface area contributed by atoms with Crippen molar-refractivity contribution in [3.05, 3.63) is 28.9 Å². The van der Waals surface area contributed by atoms with Crippen molar-refractivity contribution in [2.24, 2.45) is 5.73 Å². The van der Waals surface area contributed by atoms with E-state index in [0.717, 1.165) is 10.0 Å². The lowest BCUT2D eigenvalue weighted by atomic mass is 10.2. The SMILES string of the molecule is Cc1csc(Sc2ncc(N)cc2C(N)=O)n1. The van der Waals surface area contributed by atoms with E-state index in [0.29, 0.717) is 16.3 Å². The number of amides is 1. The molecule has 5 nitrogen and oxygen atoms in total.